The molecule has 19 heavy (non-hydrogen) atoms. The van der Waals surface area contributed by atoms with Crippen LogP contribution in [0.4, 0.5) is 5.13 Å². The highest BCUT2D eigenvalue weighted by Crippen LogP contribution is 2.29. The molecular weight excluding hydrogens is 278 g/mol. The monoisotopic (exact) mass is 297 g/mol. The van der Waals surface area contributed by atoms with Crippen molar-refractivity contribution < 1.29 is 4.74 Å². The highest BCUT2D eigenvalue weighted by Gasteiger charge is 2.09. The number of nitrogens with zero attached hydrogens (tertiary/aromatic N) is 2. The van der Waals surface area contributed by atoms with Crippen LogP contribution in [0, 0.1) is 0 Å². The zero-order valence-corrected chi connectivity index (χ0v) is 13.1. The highest BCUT2D eigenvalue weighted by molar-refractivity contribution is 7.16. The largest absolute Gasteiger partial charge is 0.384 e. The summed E-state index contributed by atoms with van der Waals surface area (Å²) < 4.78 is 5.06. The van der Waals surface area contributed by atoms with Crippen LogP contribution in [0.2, 0.25) is 0 Å². The second-order valence-electron chi connectivity index (χ2n) is 4.35. The van der Waals surface area contributed by atoms with Gasteiger partial charge in [0.15, 0.2) is 5.13 Å². The molecular formula is C13H19N3OS2. The predicted octanol–water partition coefficient (Wildman–Crippen LogP) is 3.67. The highest BCUT2D eigenvalue weighted by atomic mass is 32.1. The summed E-state index contributed by atoms with van der Waals surface area (Å²) in [6.45, 7) is 5.04. The Labute approximate surface area is 121 Å². The van der Waals surface area contributed by atoms with Gasteiger partial charge in [-0.3, -0.25) is 0 Å². The molecule has 0 aliphatic rings. The van der Waals surface area contributed by atoms with Gasteiger partial charge in [-0.1, -0.05) is 6.92 Å². The molecule has 1 N–H and O–H groups in total. The molecule has 0 radical (unpaired) electrons. The van der Waals surface area contributed by atoms with Crippen LogP contribution in [0.15, 0.2) is 11.6 Å². The first-order chi connectivity index (χ1) is 9.22. The van der Waals surface area contributed by atoms with Crippen molar-refractivity contribution in [1.29, 1.82) is 0 Å². The molecule has 1 unspecified atom stereocenters. The van der Waals surface area contributed by atoms with Crippen LogP contribution in [-0.2, 0) is 11.2 Å². The summed E-state index contributed by atoms with van der Waals surface area (Å²) in [5, 5.41) is 7.56. The van der Waals surface area contributed by atoms with Crippen molar-refractivity contribution >= 4 is 27.8 Å². The second-order valence-corrected chi connectivity index (χ2v) is 6.33. The lowest BCUT2D eigenvalue weighted by atomic mass is 10.3. The molecule has 1 atom stereocenters. The first-order valence-corrected chi connectivity index (χ1v) is 8.08. The van der Waals surface area contributed by atoms with Gasteiger partial charge in [-0.25, -0.2) is 9.97 Å². The average Bonchev–Trinajstić information content (AvgIpc) is 3.04. The zero-order valence-electron chi connectivity index (χ0n) is 11.5. The molecule has 0 aliphatic carbocycles. The van der Waals surface area contributed by atoms with E-state index in [0.717, 1.165) is 33.6 Å². The minimum absolute atomic E-state index is 0.456. The summed E-state index contributed by atoms with van der Waals surface area (Å²) in [5.41, 5.74) is 1.01. The first kappa shape index (κ1) is 14.4. The quantitative estimate of drug-likeness (QED) is 0.847. The lowest BCUT2D eigenvalue weighted by Crippen LogP contribution is -2.12. The number of aromatic nitrogens is 2. The molecule has 2 aromatic rings. The smallest absolute Gasteiger partial charge is 0.183 e. The number of hydrogen-bond acceptors (Lipinski definition) is 6. The van der Waals surface area contributed by atoms with Gasteiger partial charge in [-0.15, -0.1) is 22.7 Å². The van der Waals surface area contributed by atoms with E-state index >= 15 is 0 Å². The first-order valence-electron chi connectivity index (χ1n) is 6.39. The number of anilines is 1. The van der Waals surface area contributed by atoms with Crippen molar-refractivity contribution in [2.75, 3.05) is 19.0 Å². The van der Waals surface area contributed by atoms with Crippen LogP contribution in [0.3, 0.4) is 0 Å². The van der Waals surface area contributed by atoms with E-state index in [1.54, 1.807) is 29.8 Å². The van der Waals surface area contributed by atoms with Crippen molar-refractivity contribution in [3.63, 3.8) is 0 Å². The molecule has 0 fully saturated rings. The van der Waals surface area contributed by atoms with E-state index in [1.165, 1.54) is 0 Å². The molecule has 0 aromatic carbocycles. The molecule has 2 rings (SSSR count). The SMILES string of the molecule is CCC(C)Nc1nc(-c2cnc(CCOC)s2)cs1. The summed E-state index contributed by atoms with van der Waals surface area (Å²) in [4.78, 5) is 10.1. The van der Waals surface area contributed by atoms with Gasteiger partial charge >= 0.3 is 0 Å². The van der Waals surface area contributed by atoms with Crippen molar-refractivity contribution in [3.8, 4) is 10.6 Å². The van der Waals surface area contributed by atoms with E-state index in [4.69, 9.17) is 4.74 Å². The van der Waals surface area contributed by atoms with Crippen LogP contribution in [0.1, 0.15) is 25.3 Å². The average molecular weight is 297 g/mol. The number of nitrogens with one attached hydrogen (secondary N) is 1. The Morgan fingerprint density at radius 2 is 2.32 bits per heavy atom. The van der Waals surface area contributed by atoms with Gasteiger partial charge in [0.25, 0.3) is 0 Å². The van der Waals surface area contributed by atoms with Crippen LogP contribution in [0.25, 0.3) is 10.6 Å². The Balaban J connectivity index is 2.03. The van der Waals surface area contributed by atoms with E-state index < -0.39 is 0 Å². The van der Waals surface area contributed by atoms with E-state index in [2.05, 4.69) is 34.5 Å². The summed E-state index contributed by atoms with van der Waals surface area (Å²) in [6, 6.07) is 0.456. The van der Waals surface area contributed by atoms with Crippen molar-refractivity contribution in [2.24, 2.45) is 0 Å². The molecule has 6 heteroatoms. The molecule has 0 saturated heterocycles. The third kappa shape index (κ3) is 3.99. The molecule has 2 aromatic heterocycles. The Hall–Kier alpha value is -0.980. The zero-order chi connectivity index (χ0) is 13.7. The van der Waals surface area contributed by atoms with Gasteiger partial charge in [0.2, 0.25) is 0 Å². The number of methoxy groups -OCH3 is 1. The summed E-state index contributed by atoms with van der Waals surface area (Å²) >= 11 is 3.34. The van der Waals surface area contributed by atoms with Crippen molar-refractivity contribution in [2.45, 2.75) is 32.7 Å². The molecule has 104 valence electrons. The lowest BCUT2D eigenvalue weighted by molar-refractivity contribution is 0.202. The fourth-order valence-corrected chi connectivity index (χ4v) is 3.26. The third-order valence-electron chi connectivity index (χ3n) is 2.81. The Bertz CT molecular complexity index is 509. The molecule has 4 nitrogen and oxygen atoms in total. The molecule has 2 heterocycles. The standard InChI is InChI=1S/C13H19N3OS2/c1-4-9(2)15-13-16-10(8-18-13)11-7-14-12(19-11)5-6-17-3/h7-9H,4-6H2,1-3H3,(H,15,16). The van der Waals surface area contributed by atoms with E-state index in [9.17, 15) is 0 Å². The van der Waals surface area contributed by atoms with Gasteiger partial charge in [0, 0.05) is 31.1 Å². The normalized spacial score (nSPS) is 12.6. The van der Waals surface area contributed by atoms with Crippen LogP contribution < -0.4 is 5.32 Å². The number of ether oxygens (including phenoxy) is 1. The summed E-state index contributed by atoms with van der Waals surface area (Å²) in [5.74, 6) is 0. The van der Waals surface area contributed by atoms with E-state index in [-0.39, 0.29) is 0 Å². The van der Waals surface area contributed by atoms with Gasteiger partial charge < -0.3 is 10.1 Å². The molecule has 0 saturated carbocycles. The number of rotatable bonds is 7. The fraction of sp³-hybridized carbons (Fsp3) is 0.538. The second kappa shape index (κ2) is 6.98. The Morgan fingerprint density at radius 3 is 3.05 bits per heavy atom. The Kier molecular flexibility index (Phi) is 5.30. The third-order valence-corrected chi connectivity index (χ3v) is 4.67. The molecule has 0 aliphatic heterocycles. The van der Waals surface area contributed by atoms with Crippen molar-refractivity contribution in [1.82, 2.24) is 9.97 Å². The maximum absolute atomic E-state index is 5.06. The molecule has 0 amide bonds. The van der Waals surface area contributed by atoms with Gasteiger partial charge in [0.1, 0.15) is 0 Å². The molecule has 0 bridgehead atoms. The minimum atomic E-state index is 0.456. The fourth-order valence-electron chi connectivity index (χ4n) is 1.50. The summed E-state index contributed by atoms with van der Waals surface area (Å²) in [7, 11) is 1.71. The van der Waals surface area contributed by atoms with Gasteiger partial charge in [-0.05, 0) is 13.3 Å². The molecule has 0 spiro atoms. The lowest BCUT2D eigenvalue weighted by Gasteiger charge is -2.08. The summed E-state index contributed by atoms with van der Waals surface area (Å²) in [6.07, 6.45) is 3.86. The van der Waals surface area contributed by atoms with Crippen LogP contribution >= 0.6 is 22.7 Å². The van der Waals surface area contributed by atoms with E-state index in [0.29, 0.717) is 12.6 Å². The topological polar surface area (TPSA) is 47.0 Å². The predicted molar refractivity (Wildman–Crippen MR) is 82.2 cm³/mol. The minimum Gasteiger partial charge on any atom is -0.384 e. The number of thiazole rings is 2. The van der Waals surface area contributed by atoms with Crippen LogP contribution in [-0.4, -0.2) is 29.7 Å². The van der Waals surface area contributed by atoms with Crippen molar-refractivity contribution in [3.05, 3.63) is 16.6 Å². The van der Waals surface area contributed by atoms with E-state index in [1.807, 2.05) is 6.20 Å². The maximum Gasteiger partial charge on any atom is 0.183 e. The maximum atomic E-state index is 5.06. The van der Waals surface area contributed by atoms with Gasteiger partial charge in [0.05, 0.1) is 22.2 Å². The number of hydrogen-bond donors (Lipinski definition) is 1. The van der Waals surface area contributed by atoms with Gasteiger partial charge in [-0.2, -0.15) is 0 Å². The Morgan fingerprint density at radius 1 is 1.47 bits per heavy atom. The van der Waals surface area contributed by atoms with Crippen LogP contribution in [0.5, 0.6) is 0 Å².